The summed E-state index contributed by atoms with van der Waals surface area (Å²) in [6.07, 6.45) is -2.69. The third-order valence-corrected chi connectivity index (χ3v) is 5.33. The van der Waals surface area contributed by atoms with Crippen LogP contribution in [0, 0.1) is 17.6 Å². The Morgan fingerprint density at radius 3 is 2.66 bits per heavy atom. The maximum Gasteiger partial charge on any atom is 0.401 e. The first-order chi connectivity index (χ1) is 13.7. The molecule has 29 heavy (non-hydrogen) atoms. The molecule has 1 aromatic carbocycles. The summed E-state index contributed by atoms with van der Waals surface area (Å²) in [5, 5.41) is 6.46. The molecule has 2 saturated heterocycles. The Bertz CT molecular complexity index is 723. The SMILES string of the molecule is CN=C(NCC1CCN(CC(F)(F)F)C1)NC1CCN(c2ccc(F)cc2F)C1. The number of hydrogen-bond acceptors (Lipinski definition) is 3. The fourth-order valence-electron chi connectivity index (χ4n) is 3.94. The first kappa shape index (κ1) is 21.6. The lowest BCUT2D eigenvalue weighted by Gasteiger charge is -2.22. The number of likely N-dealkylation sites (tertiary alicyclic amines) is 1. The summed E-state index contributed by atoms with van der Waals surface area (Å²) >= 11 is 0. The Labute approximate surface area is 167 Å². The number of anilines is 1. The van der Waals surface area contributed by atoms with E-state index in [1.54, 1.807) is 7.05 Å². The summed E-state index contributed by atoms with van der Waals surface area (Å²) in [4.78, 5) is 7.45. The van der Waals surface area contributed by atoms with Crippen molar-refractivity contribution in [2.45, 2.75) is 25.1 Å². The fraction of sp³-hybridized carbons (Fsp3) is 0.632. The molecule has 2 unspecified atom stereocenters. The van der Waals surface area contributed by atoms with Crippen LogP contribution in [0.2, 0.25) is 0 Å². The minimum Gasteiger partial charge on any atom is -0.367 e. The topological polar surface area (TPSA) is 42.9 Å². The van der Waals surface area contributed by atoms with E-state index in [2.05, 4.69) is 15.6 Å². The van der Waals surface area contributed by atoms with Gasteiger partial charge < -0.3 is 15.5 Å². The second-order valence-electron chi connectivity index (χ2n) is 7.63. The average molecular weight is 419 g/mol. The number of nitrogens with zero attached hydrogens (tertiary/aromatic N) is 3. The number of nitrogens with one attached hydrogen (secondary N) is 2. The minimum atomic E-state index is -4.17. The summed E-state index contributed by atoms with van der Waals surface area (Å²) in [6.45, 7) is 1.70. The van der Waals surface area contributed by atoms with Gasteiger partial charge in [0.15, 0.2) is 5.96 Å². The summed E-state index contributed by atoms with van der Waals surface area (Å²) in [5.41, 5.74) is 0.370. The molecule has 0 saturated carbocycles. The average Bonchev–Trinajstić information content (AvgIpc) is 3.26. The highest BCUT2D eigenvalue weighted by Crippen LogP contribution is 2.25. The van der Waals surface area contributed by atoms with Crippen molar-refractivity contribution in [3.63, 3.8) is 0 Å². The van der Waals surface area contributed by atoms with Gasteiger partial charge in [-0.2, -0.15) is 13.2 Å². The smallest absolute Gasteiger partial charge is 0.367 e. The molecule has 0 aliphatic carbocycles. The van der Waals surface area contributed by atoms with Crippen LogP contribution in [-0.4, -0.2) is 69.4 Å². The minimum absolute atomic E-state index is 0.0379. The lowest BCUT2D eigenvalue weighted by Crippen LogP contribution is -2.46. The number of benzene rings is 1. The third-order valence-electron chi connectivity index (χ3n) is 5.33. The Morgan fingerprint density at radius 1 is 1.17 bits per heavy atom. The van der Waals surface area contributed by atoms with E-state index in [9.17, 15) is 22.0 Å². The van der Waals surface area contributed by atoms with Crippen molar-refractivity contribution in [2.75, 3.05) is 51.2 Å². The van der Waals surface area contributed by atoms with E-state index in [0.29, 0.717) is 50.8 Å². The van der Waals surface area contributed by atoms with Crippen molar-refractivity contribution in [1.82, 2.24) is 15.5 Å². The molecule has 3 rings (SSSR count). The second kappa shape index (κ2) is 9.15. The molecule has 2 aliphatic heterocycles. The highest BCUT2D eigenvalue weighted by atomic mass is 19.4. The van der Waals surface area contributed by atoms with E-state index in [1.807, 2.05) is 4.90 Å². The third kappa shape index (κ3) is 6.19. The molecular formula is C19H26F5N5. The van der Waals surface area contributed by atoms with Crippen LogP contribution in [0.25, 0.3) is 0 Å². The van der Waals surface area contributed by atoms with Gasteiger partial charge in [-0.05, 0) is 37.4 Å². The number of hydrogen-bond donors (Lipinski definition) is 2. The van der Waals surface area contributed by atoms with Crippen LogP contribution in [0.5, 0.6) is 0 Å². The fourth-order valence-corrected chi connectivity index (χ4v) is 3.94. The van der Waals surface area contributed by atoms with Crippen LogP contribution >= 0.6 is 0 Å². The predicted molar refractivity (Wildman–Crippen MR) is 102 cm³/mol. The first-order valence-electron chi connectivity index (χ1n) is 9.70. The standard InChI is InChI=1S/C19H26F5N5/c1-25-18(26-9-13-4-6-28(10-13)12-19(22,23)24)27-15-5-7-29(11-15)17-3-2-14(20)8-16(17)21/h2-3,8,13,15H,4-7,9-12H2,1H3,(H2,25,26,27). The van der Waals surface area contributed by atoms with Crippen LogP contribution in [0.3, 0.4) is 0 Å². The normalized spacial score (nSPS) is 23.7. The van der Waals surface area contributed by atoms with Gasteiger partial charge in [-0.15, -0.1) is 0 Å². The second-order valence-corrected chi connectivity index (χ2v) is 7.63. The molecule has 0 amide bonds. The zero-order valence-corrected chi connectivity index (χ0v) is 16.3. The van der Waals surface area contributed by atoms with Gasteiger partial charge in [-0.25, -0.2) is 8.78 Å². The largest absolute Gasteiger partial charge is 0.401 e. The zero-order valence-electron chi connectivity index (χ0n) is 16.3. The molecule has 2 heterocycles. The Balaban J connectivity index is 1.44. The van der Waals surface area contributed by atoms with Crippen LogP contribution in [0.15, 0.2) is 23.2 Å². The van der Waals surface area contributed by atoms with E-state index in [4.69, 9.17) is 0 Å². The molecule has 1 aromatic rings. The Kier molecular flexibility index (Phi) is 6.81. The maximum absolute atomic E-state index is 14.0. The van der Waals surface area contributed by atoms with Crippen molar-refractivity contribution >= 4 is 11.6 Å². The Hall–Kier alpha value is -2.10. The van der Waals surface area contributed by atoms with Crippen molar-refractivity contribution in [2.24, 2.45) is 10.9 Å². The predicted octanol–water partition coefficient (Wildman–Crippen LogP) is 2.59. The number of halogens is 5. The highest BCUT2D eigenvalue weighted by molar-refractivity contribution is 5.80. The summed E-state index contributed by atoms with van der Waals surface area (Å²) in [5.74, 6) is -0.488. The number of rotatable bonds is 5. The van der Waals surface area contributed by atoms with Crippen LogP contribution in [-0.2, 0) is 0 Å². The molecule has 2 aliphatic rings. The van der Waals surface area contributed by atoms with Crippen molar-refractivity contribution in [1.29, 1.82) is 0 Å². The summed E-state index contributed by atoms with van der Waals surface area (Å²) < 4.78 is 64.6. The van der Waals surface area contributed by atoms with Crippen LogP contribution in [0.4, 0.5) is 27.6 Å². The number of alkyl halides is 3. The van der Waals surface area contributed by atoms with Gasteiger partial charge in [0.1, 0.15) is 11.6 Å². The van der Waals surface area contributed by atoms with E-state index in [-0.39, 0.29) is 12.0 Å². The molecule has 162 valence electrons. The van der Waals surface area contributed by atoms with Crippen LogP contribution in [0.1, 0.15) is 12.8 Å². The van der Waals surface area contributed by atoms with Gasteiger partial charge in [0.25, 0.3) is 0 Å². The lowest BCUT2D eigenvalue weighted by molar-refractivity contribution is -0.143. The molecule has 0 aromatic heterocycles. The van der Waals surface area contributed by atoms with Crippen LogP contribution < -0.4 is 15.5 Å². The number of guanidine groups is 1. The highest BCUT2D eigenvalue weighted by Gasteiger charge is 2.34. The van der Waals surface area contributed by atoms with Crippen molar-refractivity contribution < 1.29 is 22.0 Å². The summed E-state index contributed by atoms with van der Waals surface area (Å²) in [7, 11) is 1.63. The molecule has 0 bridgehead atoms. The molecule has 5 nitrogen and oxygen atoms in total. The lowest BCUT2D eigenvalue weighted by atomic mass is 10.1. The number of aliphatic imine (C=N–C) groups is 1. The van der Waals surface area contributed by atoms with Gasteiger partial charge in [0.05, 0.1) is 12.2 Å². The molecular weight excluding hydrogens is 393 g/mol. The van der Waals surface area contributed by atoms with Crippen molar-refractivity contribution in [3.8, 4) is 0 Å². The van der Waals surface area contributed by atoms with Gasteiger partial charge in [0, 0.05) is 45.3 Å². The zero-order chi connectivity index (χ0) is 21.0. The van der Waals surface area contributed by atoms with Gasteiger partial charge in [-0.1, -0.05) is 0 Å². The Morgan fingerprint density at radius 2 is 1.97 bits per heavy atom. The van der Waals surface area contributed by atoms with Gasteiger partial charge in [0.2, 0.25) is 0 Å². The molecule has 2 N–H and O–H groups in total. The molecule has 2 fully saturated rings. The summed E-state index contributed by atoms with van der Waals surface area (Å²) in [6, 6.07) is 3.59. The van der Waals surface area contributed by atoms with E-state index < -0.39 is 24.4 Å². The van der Waals surface area contributed by atoms with Gasteiger partial charge in [-0.3, -0.25) is 9.89 Å². The first-order valence-corrected chi connectivity index (χ1v) is 9.70. The van der Waals surface area contributed by atoms with E-state index in [1.165, 1.54) is 17.0 Å². The quantitative estimate of drug-likeness (QED) is 0.438. The maximum atomic E-state index is 14.0. The van der Waals surface area contributed by atoms with Gasteiger partial charge >= 0.3 is 6.18 Å². The molecule has 0 radical (unpaired) electrons. The molecule has 10 heteroatoms. The monoisotopic (exact) mass is 419 g/mol. The van der Waals surface area contributed by atoms with E-state index in [0.717, 1.165) is 12.5 Å². The molecule has 0 spiro atoms. The van der Waals surface area contributed by atoms with E-state index >= 15 is 0 Å². The van der Waals surface area contributed by atoms with Crippen molar-refractivity contribution in [3.05, 3.63) is 29.8 Å². The molecule has 2 atom stereocenters.